The Kier molecular flexibility index (Phi) is 8.19. The van der Waals surface area contributed by atoms with Crippen molar-refractivity contribution in [2.24, 2.45) is 5.84 Å². The molecule has 1 heterocycles. The first-order valence-electron chi connectivity index (χ1n) is 7.81. The minimum absolute atomic E-state index is 0.274. The number of nitrogens with two attached hydrogens (primary N) is 1. The van der Waals surface area contributed by atoms with E-state index in [2.05, 4.69) is 24.4 Å². The molecule has 0 saturated carbocycles. The van der Waals surface area contributed by atoms with Gasteiger partial charge in [-0.25, -0.2) is 0 Å². The number of unbranched alkanes of at least 4 members (excludes halogenated alkanes) is 4. The summed E-state index contributed by atoms with van der Waals surface area (Å²) in [5.41, 5.74) is 4.93. The van der Waals surface area contributed by atoms with Crippen LogP contribution in [0.2, 0.25) is 5.02 Å². The molecule has 0 saturated heterocycles. The first-order valence-corrected chi connectivity index (χ1v) is 8.19. The third-order valence-corrected chi connectivity index (χ3v) is 4.28. The van der Waals surface area contributed by atoms with E-state index < -0.39 is 0 Å². The zero-order valence-corrected chi connectivity index (χ0v) is 13.8. The second-order valence-corrected chi connectivity index (χ2v) is 5.81. The third-order valence-electron chi connectivity index (χ3n) is 3.78. The predicted molar refractivity (Wildman–Crippen MR) is 85.8 cm³/mol. The number of hydrogen-bond acceptors (Lipinski definition) is 3. The lowest BCUT2D eigenvalue weighted by atomic mass is 10.0. The van der Waals surface area contributed by atoms with Gasteiger partial charge in [0, 0.05) is 19.0 Å². The van der Waals surface area contributed by atoms with Crippen LogP contribution in [-0.2, 0) is 13.0 Å². The number of nitrogens with one attached hydrogen (secondary N) is 1. The molecule has 4 nitrogen and oxygen atoms in total. The topological polar surface area (TPSA) is 55.9 Å². The molecule has 1 unspecified atom stereocenters. The van der Waals surface area contributed by atoms with Gasteiger partial charge in [-0.1, -0.05) is 50.6 Å². The van der Waals surface area contributed by atoms with Crippen molar-refractivity contribution >= 4 is 11.6 Å². The fourth-order valence-corrected chi connectivity index (χ4v) is 2.75. The maximum absolute atomic E-state index is 6.34. The lowest BCUT2D eigenvalue weighted by Crippen LogP contribution is -2.37. The number of hydrogen-bond donors (Lipinski definition) is 2. The highest BCUT2D eigenvalue weighted by molar-refractivity contribution is 6.31. The van der Waals surface area contributed by atoms with Crippen molar-refractivity contribution in [3.8, 4) is 0 Å². The van der Waals surface area contributed by atoms with Crippen molar-refractivity contribution in [2.45, 2.75) is 78.3 Å². The van der Waals surface area contributed by atoms with Gasteiger partial charge in [0.2, 0.25) is 0 Å². The van der Waals surface area contributed by atoms with Crippen molar-refractivity contribution in [1.29, 1.82) is 0 Å². The van der Waals surface area contributed by atoms with Crippen LogP contribution in [-0.4, -0.2) is 15.8 Å². The molecule has 0 aliphatic carbocycles. The summed E-state index contributed by atoms with van der Waals surface area (Å²) in [6, 6.07) is 0.274. The molecule has 1 rings (SSSR count). The van der Waals surface area contributed by atoms with Crippen molar-refractivity contribution in [3.05, 3.63) is 16.4 Å². The van der Waals surface area contributed by atoms with Crippen LogP contribution in [0.25, 0.3) is 0 Å². The number of halogens is 1. The summed E-state index contributed by atoms with van der Waals surface area (Å²) >= 11 is 6.34. The SMILES string of the molecule is CCCCCCCC(Cc1c(Cl)c(C)nn1CC)NN. The van der Waals surface area contributed by atoms with Crippen LogP contribution in [0.1, 0.15) is 63.8 Å². The Labute approximate surface area is 128 Å². The molecule has 0 aromatic carbocycles. The zero-order chi connectivity index (χ0) is 15.0. The van der Waals surface area contributed by atoms with E-state index in [-0.39, 0.29) is 6.04 Å². The molecule has 1 aromatic rings. The molecule has 0 fully saturated rings. The molecule has 0 aliphatic heterocycles. The second-order valence-electron chi connectivity index (χ2n) is 5.43. The van der Waals surface area contributed by atoms with E-state index in [9.17, 15) is 0 Å². The molecular weight excluding hydrogens is 272 g/mol. The number of hydrazine groups is 1. The van der Waals surface area contributed by atoms with Gasteiger partial charge in [0.25, 0.3) is 0 Å². The van der Waals surface area contributed by atoms with Crippen LogP contribution in [0.4, 0.5) is 0 Å². The molecule has 20 heavy (non-hydrogen) atoms. The quantitative estimate of drug-likeness (QED) is 0.394. The minimum atomic E-state index is 0.274. The Balaban J connectivity index is 2.51. The fraction of sp³-hybridized carbons (Fsp3) is 0.800. The van der Waals surface area contributed by atoms with Crippen LogP contribution in [0, 0.1) is 6.92 Å². The molecule has 0 amide bonds. The Bertz CT molecular complexity index is 389. The minimum Gasteiger partial charge on any atom is -0.271 e. The van der Waals surface area contributed by atoms with Crippen molar-refractivity contribution in [3.63, 3.8) is 0 Å². The molecule has 0 aliphatic rings. The van der Waals surface area contributed by atoms with Gasteiger partial charge in [0.05, 0.1) is 16.4 Å². The normalized spacial score (nSPS) is 12.8. The highest BCUT2D eigenvalue weighted by Crippen LogP contribution is 2.22. The maximum atomic E-state index is 6.34. The lowest BCUT2D eigenvalue weighted by molar-refractivity contribution is 0.447. The molecule has 1 aromatic heterocycles. The summed E-state index contributed by atoms with van der Waals surface area (Å²) < 4.78 is 1.99. The first-order chi connectivity index (χ1) is 9.63. The summed E-state index contributed by atoms with van der Waals surface area (Å²) in [5.74, 6) is 5.69. The average Bonchev–Trinajstić information content (AvgIpc) is 2.73. The number of rotatable bonds is 10. The van der Waals surface area contributed by atoms with E-state index in [1.54, 1.807) is 0 Å². The molecule has 5 heteroatoms. The molecule has 1 atom stereocenters. The van der Waals surface area contributed by atoms with E-state index >= 15 is 0 Å². The molecule has 116 valence electrons. The summed E-state index contributed by atoms with van der Waals surface area (Å²) in [7, 11) is 0. The Hall–Kier alpha value is -0.580. The lowest BCUT2D eigenvalue weighted by Gasteiger charge is -2.16. The number of aryl methyl sites for hydroxylation is 2. The van der Waals surface area contributed by atoms with Crippen LogP contribution < -0.4 is 11.3 Å². The van der Waals surface area contributed by atoms with Crippen LogP contribution >= 0.6 is 11.6 Å². The van der Waals surface area contributed by atoms with Gasteiger partial charge < -0.3 is 0 Å². The molecule has 0 spiro atoms. The average molecular weight is 301 g/mol. The van der Waals surface area contributed by atoms with E-state index in [0.29, 0.717) is 0 Å². The third kappa shape index (κ3) is 5.08. The predicted octanol–water partition coefficient (Wildman–Crippen LogP) is 3.60. The van der Waals surface area contributed by atoms with E-state index in [0.717, 1.165) is 35.8 Å². The Morgan fingerprint density at radius 1 is 1.25 bits per heavy atom. The fourth-order valence-electron chi connectivity index (χ4n) is 2.54. The monoisotopic (exact) mass is 300 g/mol. The molecule has 0 bridgehead atoms. The van der Waals surface area contributed by atoms with Gasteiger partial charge in [-0.05, 0) is 20.3 Å². The number of nitrogens with zero attached hydrogens (tertiary/aromatic N) is 2. The van der Waals surface area contributed by atoms with Crippen molar-refractivity contribution < 1.29 is 0 Å². The highest BCUT2D eigenvalue weighted by atomic mass is 35.5. The van der Waals surface area contributed by atoms with Crippen LogP contribution in [0.5, 0.6) is 0 Å². The molecule has 3 N–H and O–H groups in total. The van der Waals surface area contributed by atoms with Gasteiger partial charge in [0.1, 0.15) is 0 Å². The van der Waals surface area contributed by atoms with Gasteiger partial charge in [0.15, 0.2) is 0 Å². The van der Waals surface area contributed by atoms with Crippen LogP contribution in [0.15, 0.2) is 0 Å². The summed E-state index contributed by atoms with van der Waals surface area (Å²) in [4.78, 5) is 0. The highest BCUT2D eigenvalue weighted by Gasteiger charge is 2.17. The molecular formula is C15H29ClN4. The standard InChI is InChI=1S/C15H29ClN4/c1-4-6-7-8-9-10-13(18-17)11-14-15(16)12(3)19-20(14)5-2/h13,18H,4-11,17H2,1-3H3. The van der Waals surface area contributed by atoms with Crippen molar-refractivity contribution in [2.75, 3.05) is 0 Å². The van der Waals surface area contributed by atoms with E-state index in [1.807, 2.05) is 11.6 Å². The Morgan fingerprint density at radius 3 is 2.55 bits per heavy atom. The van der Waals surface area contributed by atoms with Gasteiger partial charge in [-0.15, -0.1) is 0 Å². The van der Waals surface area contributed by atoms with E-state index in [1.165, 1.54) is 32.1 Å². The molecule has 0 radical (unpaired) electrons. The largest absolute Gasteiger partial charge is 0.271 e. The first kappa shape index (κ1) is 17.5. The Morgan fingerprint density at radius 2 is 1.95 bits per heavy atom. The summed E-state index contributed by atoms with van der Waals surface area (Å²) in [6.45, 7) is 7.12. The number of aromatic nitrogens is 2. The summed E-state index contributed by atoms with van der Waals surface area (Å²) in [6.07, 6.45) is 8.36. The zero-order valence-electron chi connectivity index (χ0n) is 13.1. The maximum Gasteiger partial charge on any atom is 0.0847 e. The smallest absolute Gasteiger partial charge is 0.0847 e. The van der Waals surface area contributed by atoms with Crippen LogP contribution in [0.3, 0.4) is 0 Å². The van der Waals surface area contributed by atoms with E-state index in [4.69, 9.17) is 17.4 Å². The summed E-state index contributed by atoms with van der Waals surface area (Å²) in [5, 5.41) is 5.24. The second kappa shape index (κ2) is 9.37. The van der Waals surface area contributed by atoms with Gasteiger partial charge in [-0.2, -0.15) is 5.10 Å². The van der Waals surface area contributed by atoms with Gasteiger partial charge in [-0.3, -0.25) is 16.0 Å². The van der Waals surface area contributed by atoms with Crippen molar-refractivity contribution in [1.82, 2.24) is 15.2 Å². The van der Waals surface area contributed by atoms with Gasteiger partial charge >= 0.3 is 0 Å².